The number of hydrogen-bond acceptors (Lipinski definition) is 6. The minimum Gasteiger partial charge on any atom is -0.339 e. The second kappa shape index (κ2) is 10.6. The minimum atomic E-state index is -0.600. The Kier molecular flexibility index (Phi) is 9.18. The number of nitrogens with two attached hydrogens (primary N) is 1. The first-order chi connectivity index (χ1) is 12.1. The number of rotatable bonds is 5. The van der Waals surface area contributed by atoms with Crippen molar-refractivity contribution in [3.05, 3.63) is 47.1 Å². The molecule has 0 saturated carbocycles. The van der Waals surface area contributed by atoms with E-state index in [2.05, 4.69) is 15.0 Å². The molecule has 1 saturated heterocycles. The minimum absolute atomic E-state index is 0. The molecule has 2 heterocycles. The van der Waals surface area contributed by atoms with E-state index < -0.39 is 6.04 Å². The van der Waals surface area contributed by atoms with Gasteiger partial charge in [0.05, 0.1) is 6.54 Å². The summed E-state index contributed by atoms with van der Waals surface area (Å²) in [7, 11) is 0. The predicted octanol–water partition coefficient (Wildman–Crippen LogP) is 2.13. The first kappa shape index (κ1) is 23.4. The highest BCUT2D eigenvalue weighted by Crippen LogP contribution is 2.16. The van der Waals surface area contributed by atoms with E-state index in [0.29, 0.717) is 31.3 Å². The van der Waals surface area contributed by atoms with E-state index in [1.807, 2.05) is 43.0 Å². The summed E-state index contributed by atoms with van der Waals surface area (Å²) in [5.41, 5.74) is 8.17. The smallest absolute Gasteiger partial charge is 0.244 e. The van der Waals surface area contributed by atoms with Crippen molar-refractivity contribution in [2.24, 2.45) is 5.73 Å². The van der Waals surface area contributed by atoms with Gasteiger partial charge in [-0.25, -0.2) is 0 Å². The quantitative estimate of drug-likeness (QED) is 0.804. The van der Waals surface area contributed by atoms with Crippen LogP contribution < -0.4 is 5.73 Å². The summed E-state index contributed by atoms with van der Waals surface area (Å²) in [6, 6.07) is 7.22. The monoisotopic (exact) mass is 415 g/mol. The number of carbonyl (C=O) groups is 1. The van der Waals surface area contributed by atoms with Crippen molar-refractivity contribution in [3.63, 3.8) is 0 Å². The average molecular weight is 416 g/mol. The number of benzene rings is 1. The van der Waals surface area contributed by atoms with Gasteiger partial charge in [0.15, 0.2) is 5.82 Å². The van der Waals surface area contributed by atoms with Gasteiger partial charge < -0.3 is 15.2 Å². The number of amides is 1. The van der Waals surface area contributed by atoms with Gasteiger partial charge in [-0.3, -0.25) is 9.69 Å². The van der Waals surface area contributed by atoms with Gasteiger partial charge in [0, 0.05) is 32.6 Å². The lowest BCUT2D eigenvalue weighted by Gasteiger charge is -2.35. The van der Waals surface area contributed by atoms with E-state index in [1.165, 1.54) is 0 Å². The van der Waals surface area contributed by atoms with Crippen molar-refractivity contribution in [2.45, 2.75) is 32.9 Å². The van der Waals surface area contributed by atoms with Crippen LogP contribution in [0.15, 0.2) is 28.8 Å². The number of aryl methyl sites for hydroxylation is 2. The van der Waals surface area contributed by atoms with Crippen LogP contribution in [0.5, 0.6) is 0 Å². The second-order valence-corrected chi connectivity index (χ2v) is 6.45. The molecule has 7 nitrogen and oxygen atoms in total. The molecule has 0 spiro atoms. The standard InChI is InChI=1S/C18H25N5O2.2ClH/c1-3-16-20-15(21-25-16)12-22-8-10-23(11-9-22)18(24)17(19)14-6-4-13(2)5-7-14;;/h4-7,17H,3,8-12,19H2,1-2H3;2*1H. The molecule has 1 amide bonds. The first-order valence-corrected chi connectivity index (χ1v) is 8.71. The van der Waals surface area contributed by atoms with Gasteiger partial charge in [0.2, 0.25) is 11.8 Å². The molecule has 1 atom stereocenters. The van der Waals surface area contributed by atoms with Gasteiger partial charge in [-0.05, 0) is 12.5 Å². The molecule has 9 heteroatoms. The highest BCUT2D eigenvalue weighted by Gasteiger charge is 2.26. The second-order valence-electron chi connectivity index (χ2n) is 6.45. The predicted molar refractivity (Wildman–Crippen MR) is 108 cm³/mol. The maximum atomic E-state index is 12.6. The number of halogens is 2. The van der Waals surface area contributed by atoms with E-state index in [0.717, 1.165) is 30.6 Å². The fourth-order valence-corrected chi connectivity index (χ4v) is 2.94. The summed E-state index contributed by atoms with van der Waals surface area (Å²) in [5.74, 6) is 1.34. The molecule has 1 aromatic carbocycles. The Morgan fingerprint density at radius 3 is 2.37 bits per heavy atom. The van der Waals surface area contributed by atoms with Gasteiger partial charge >= 0.3 is 0 Å². The third-order valence-electron chi connectivity index (χ3n) is 4.56. The molecule has 0 bridgehead atoms. The lowest BCUT2D eigenvalue weighted by Crippen LogP contribution is -2.50. The third kappa shape index (κ3) is 5.90. The van der Waals surface area contributed by atoms with Crippen LogP contribution in [-0.4, -0.2) is 52.0 Å². The molecule has 0 radical (unpaired) electrons. The summed E-state index contributed by atoms with van der Waals surface area (Å²) >= 11 is 0. The van der Waals surface area contributed by atoms with Crippen LogP contribution in [0.3, 0.4) is 0 Å². The lowest BCUT2D eigenvalue weighted by molar-refractivity contribution is -0.134. The Hall–Kier alpha value is -1.67. The van der Waals surface area contributed by atoms with Crippen molar-refractivity contribution >= 4 is 30.7 Å². The number of nitrogens with zero attached hydrogens (tertiary/aromatic N) is 4. The normalized spacial score (nSPS) is 15.6. The van der Waals surface area contributed by atoms with Crippen LogP contribution in [0.25, 0.3) is 0 Å². The van der Waals surface area contributed by atoms with Crippen LogP contribution in [0, 0.1) is 6.92 Å². The molecule has 1 fully saturated rings. The summed E-state index contributed by atoms with van der Waals surface area (Å²) in [6.45, 7) is 7.54. The number of carbonyl (C=O) groups excluding carboxylic acids is 1. The highest BCUT2D eigenvalue weighted by atomic mass is 35.5. The molecule has 1 aliphatic rings. The van der Waals surface area contributed by atoms with Crippen molar-refractivity contribution in [1.82, 2.24) is 19.9 Å². The molecule has 1 aromatic heterocycles. The van der Waals surface area contributed by atoms with Crippen LogP contribution in [0.1, 0.15) is 35.8 Å². The van der Waals surface area contributed by atoms with Crippen molar-refractivity contribution < 1.29 is 9.32 Å². The number of piperazine rings is 1. The molecule has 27 heavy (non-hydrogen) atoms. The molecule has 150 valence electrons. The zero-order valence-electron chi connectivity index (χ0n) is 15.6. The van der Waals surface area contributed by atoms with Gasteiger partial charge in [0.25, 0.3) is 0 Å². The Bertz CT molecular complexity index is 715. The maximum absolute atomic E-state index is 12.6. The number of aromatic nitrogens is 2. The molecule has 1 unspecified atom stereocenters. The Morgan fingerprint density at radius 2 is 1.81 bits per heavy atom. The van der Waals surface area contributed by atoms with E-state index in [4.69, 9.17) is 10.3 Å². The summed E-state index contributed by atoms with van der Waals surface area (Å²) in [4.78, 5) is 21.0. The van der Waals surface area contributed by atoms with Crippen LogP contribution in [0.4, 0.5) is 0 Å². The molecular formula is C18H27Cl2N5O2. The van der Waals surface area contributed by atoms with E-state index >= 15 is 0 Å². The molecule has 2 N–H and O–H groups in total. The Morgan fingerprint density at radius 1 is 1.19 bits per heavy atom. The largest absolute Gasteiger partial charge is 0.339 e. The zero-order chi connectivity index (χ0) is 17.8. The van der Waals surface area contributed by atoms with Crippen LogP contribution in [-0.2, 0) is 17.8 Å². The lowest BCUT2D eigenvalue weighted by atomic mass is 10.0. The van der Waals surface area contributed by atoms with E-state index in [9.17, 15) is 4.79 Å². The third-order valence-corrected chi connectivity index (χ3v) is 4.56. The van der Waals surface area contributed by atoms with E-state index in [1.54, 1.807) is 0 Å². The van der Waals surface area contributed by atoms with Crippen LogP contribution in [0.2, 0.25) is 0 Å². The van der Waals surface area contributed by atoms with Gasteiger partial charge in [-0.2, -0.15) is 4.98 Å². The van der Waals surface area contributed by atoms with Gasteiger partial charge in [-0.15, -0.1) is 24.8 Å². The van der Waals surface area contributed by atoms with Crippen molar-refractivity contribution in [3.8, 4) is 0 Å². The van der Waals surface area contributed by atoms with Gasteiger partial charge in [-0.1, -0.05) is 41.9 Å². The molecule has 0 aliphatic carbocycles. The first-order valence-electron chi connectivity index (χ1n) is 8.71. The average Bonchev–Trinajstić information content (AvgIpc) is 3.09. The molecule has 3 rings (SSSR count). The summed E-state index contributed by atoms with van der Waals surface area (Å²) < 4.78 is 5.13. The van der Waals surface area contributed by atoms with Gasteiger partial charge in [0.1, 0.15) is 6.04 Å². The Balaban J connectivity index is 0.00000182. The summed E-state index contributed by atoms with van der Waals surface area (Å²) in [6.07, 6.45) is 0.742. The van der Waals surface area contributed by atoms with Crippen molar-refractivity contribution in [1.29, 1.82) is 0 Å². The molecule has 2 aromatic rings. The fourth-order valence-electron chi connectivity index (χ4n) is 2.94. The van der Waals surface area contributed by atoms with E-state index in [-0.39, 0.29) is 30.7 Å². The highest BCUT2D eigenvalue weighted by molar-refractivity contribution is 5.85. The summed E-state index contributed by atoms with van der Waals surface area (Å²) in [5, 5.41) is 3.98. The fraction of sp³-hybridized carbons (Fsp3) is 0.500. The zero-order valence-corrected chi connectivity index (χ0v) is 17.3. The van der Waals surface area contributed by atoms with Crippen molar-refractivity contribution in [2.75, 3.05) is 26.2 Å². The maximum Gasteiger partial charge on any atom is 0.244 e. The Labute approximate surface area is 172 Å². The van der Waals surface area contributed by atoms with Crippen LogP contribution >= 0.6 is 24.8 Å². The number of hydrogen-bond donors (Lipinski definition) is 1. The SMILES string of the molecule is CCc1nc(CN2CCN(C(=O)C(N)c3ccc(C)cc3)CC2)no1.Cl.Cl. The molecule has 1 aliphatic heterocycles. The topological polar surface area (TPSA) is 88.5 Å². The molecular weight excluding hydrogens is 389 g/mol.